The fraction of sp³-hybridized carbons (Fsp3) is 0.786. The third-order valence-electron chi connectivity index (χ3n) is 3.55. The topological polar surface area (TPSA) is 95.5 Å². The summed E-state index contributed by atoms with van der Waals surface area (Å²) in [6.45, 7) is 4.45. The third kappa shape index (κ3) is 5.19. The van der Waals surface area contributed by atoms with Gasteiger partial charge in [0.25, 0.3) is 0 Å². The van der Waals surface area contributed by atoms with E-state index in [4.69, 9.17) is 5.11 Å². The summed E-state index contributed by atoms with van der Waals surface area (Å²) < 4.78 is 0. The fourth-order valence-electron chi connectivity index (χ4n) is 2.42. The van der Waals surface area contributed by atoms with E-state index >= 15 is 0 Å². The molecule has 0 saturated heterocycles. The SMILES string of the molecule is CC(C)CNC(=O)CNC(=O)C1CCCCC1C(=O)O. The summed E-state index contributed by atoms with van der Waals surface area (Å²) in [7, 11) is 0. The summed E-state index contributed by atoms with van der Waals surface area (Å²) >= 11 is 0. The molecule has 3 N–H and O–H groups in total. The average molecular weight is 284 g/mol. The number of nitrogens with one attached hydrogen (secondary N) is 2. The van der Waals surface area contributed by atoms with Crippen LogP contribution in [0.5, 0.6) is 0 Å². The van der Waals surface area contributed by atoms with Gasteiger partial charge in [-0.2, -0.15) is 0 Å². The largest absolute Gasteiger partial charge is 0.481 e. The highest BCUT2D eigenvalue weighted by Gasteiger charge is 2.35. The molecule has 20 heavy (non-hydrogen) atoms. The normalized spacial score (nSPS) is 22.4. The van der Waals surface area contributed by atoms with E-state index < -0.39 is 17.8 Å². The molecular weight excluding hydrogens is 260 g/mol. The van der Waals surface area contributed by atoms with Crippen molar-refractivity contribution < 1.29 is 19.5 Å². The Labute approximate surface area is 119 Å². The van der Waals surface area contributed by atoms with Crippen molar-refractivity contribution in [1.29, 1.82) is 0 Å². The number of hydrogen-bond donors (Lipinski definition) is 3. The summed E-state index contributed by atoms with van der Waals surface area (Å²) in [4.78, 5) is 34.6. The number of hydrogen-bond acceptors (Lipinski definition) is 3. The van der Waals surface area contributed by atoms with Crippen molar-refractivity contribution in [3.8, 4) is 0 Å². The van der Waals surface area contributed by atoms with Crippen LogP contribution < -0.4 is 10.6 Å². The van der Waals surface area contributed by atoms with Crippen LogP contribution in [0.4, 0.5) is 0 Å². The lowest BCUT2D eigenvalue weighted by molar-refractivity contribution is -0.149. The van der Waals surface area contributed by atoms with Crippen LogP contribution in [0.25, 0.3) is 0 Å². The van der Waals surface area contributed by atoms with Gasteiger partial charge in [-0.05, 0) is 18.8 Å². The molecule has 2 amide bonds. The molecule has 2 unspecified atom stereocenters. The molecule has 114 valence electrons. The van der Waals surface area contributed by atoms with E-state index in [1.807, 2.05) is 13.8 Å². The van der Waals surface area contributed by atoms with Gasteiger partial charge < -0.3 is 15.7 Å². The lowest BCUT2D eigenvalue weighted by Crippen LogP contribution is -2.44. The zero-order valence-electron chi connectivity index (χ0n) is 12.1. The number of carbonyl (C=O) groups excluding carboxylic acids is 2. The summed E-state index contributed by atoms with van der Waals surface area (Å²) in [6.07, 6.45) is 2.82. The Morgan fingerprint density at radius 3 is 2.25 bits per heavy atom. The Kier molecular flexibility index (Phi) is 6.48. The van der Waals surface area contributed by atoms with Gasteiger partial charge >= 0.3 is 5.97 Å². The highest BCUT2D eigenvalue weighted by molar-refractivity contribution is 5.88. The molecule has 1 fully saturated rings. The molecule has 0 spiro atoms. The molecule has 1 aliphatic rings. The molecule has 1 aliphatic carbocycles. The van der Waals surface area contributed by atoms with Crippen molar-refractivity contribution in [1.82, 2.24) is 10.6 Å². The maximum Gasteiger partial charge on any atom is 0.307 e. The van der Waals surface area contributed by atoms with Gasteiger partial charge in [0.1, 0.15) is 0 Å². The van der Waals surface area contributed by atoms with Crippen LogP contribution in [0, 0.1) is 17.8 Å². The van der Waals surface area contributed by atoms with Crippen molar-refractivity contribution in [2.45, 2.75) is 39.5 Å². The predicted molar refractivity (Wildman–Crippen MR) is 73.9 cm³/mol. The first-order valence-corrected chi connectivity index (χ1v) is 7.19. The molecule has 1 saturated carbocycles. The van der Waals surface area contributed by atoms with Crippen LogP contribution in [0.3, 0.4) is 0 Å². The van der Waals surface area contributed by atoms with E-state index in [-0.39, 0.29) is 18.4 Å². The molecule has 6 heteroatoms. The van der Waals surface area contributed by atoms with Crippen LogP contribution in [-0.2, 0) is 14.4 Å². The third-order valence-corrected chi connectivity index (χ3v) is 3.55. The highest BCUT2D eigenvalue weighted by Crippen LogP contribution is 2.30. The maximum atomic E-state index is 12.0. The van der Waals surface area contributed by atoms with Gasteiger partial charge in [0.05, 0.1) is 18.4 Å². The van der Waals surface area contributed by atoms with Crippen molar-refractivity contribution in [2.24, 2.45) is 17.8 Å². The Morgan fingerprint density at radius 2 is 1.70 bits per heavy atom. The van der Waals surface area contributed by atoms with Crippen molar-refractivity contribution in [3.05, 3.63) is 0 Å². The minimum absolute atomic E-state index is 0.0889. The molecule has 0 aliphatic heterocycles. The van der Waals surface area contributed by atoms with E-state index in [0.29, 0.717) is 25.3 Å². The van der Waals surface area contributed by atoms with E-state index in [1.54, 1.807) is 0 Å². The number of amides is 2. The highest BCUT2D eigenvalue weighted by atomic mass is 16.4. The average Bonchev–Trinajstić information content (AvgIpc) is 2.42. The molecule has 0 aromatic carbocycles. The van der Waals surface area contributed by atoms with Gasteiger partial charge in [-0.15, -0.1) is 0 Å². The van der Waals surface area contributed by atoms with Crippen molar-refractivity contribution in [2.75, 3.05) is 13.1 Å². The molecule has 0 aromatic rings. The molecule has 0 radical (unpaired) electrons. The number of aliphatic carboxylic acids is 1. The molecule has 0 aromatic heterocycles. The first kappa shape index (κ1) is 16.5. The van der Waals surface area contributed by atoms with Crippen LogP contribution in [0.2, 0.25) is 0 Å². The van der Waals surface area contributed by atoms with Gasteiger partial charge in [-0.3, -0.25) is 14.4 Å². The summed E-state index contributed by atoms with van der Waals surface area (Å²) in [5, 5.41) is 14.4. The second kappa shape index (κ2) is 7.87. The van der Waals surface area contributed by atoms with Crippen molar-refractivity contribution in [3.63, 3.8) is 0 Å². The first-order chi connectivity index (χ1) is 9.41. The lowest BCUT2D eigenvalue weighted by atomic mass is 9.79. The Balaban J connectivity index is 2.40. The van der Waals surface area contributed by atoms with Gasteiger partial charge in [0.15, 0.2) is 0 Å². The van der Waals surface area contributed by atoms with Crippen molar-refractivity contribution >= 4 is 17.8 Å². The monoisotopic (exact) mass is 284 g/mol. The Hall–Kier alpha value is -1.59. The number of carboxylic acids is 1. The number of rotatable bonds is 6. The molecule has 6 nitrogen and oxygen atoms in total. The van der Waals surface area contributed by atoms with Gasteiger partial charge in [0, 0.05) is 6.54 Å². The van der Waals surface area contributed by atoms with E-state index in [0.717, 1.165) is 12.8 Å². The predicted octanol–water partition coefficient (Wildman–Crippen LogP) is 0.766. The second-order valence-electron chi connectivity index (χ2n) is 5.75. The minimum atomic E-state index is -0.922. The number of carbonyl (C=O) groups is 3. The summed E-state index contributed by atoms with van der Waals surface area (Å²) in [5.41, 5.74) is 0. The summed E-state index contributed by atoms with van der Waals surface area (Å²) in [5.74, 6) is -2.27. The fourth-order valence-corrected chi connectivity index (χ4v) is 2.42. The standard InChI is InChI=1S/C14H24N2O4/c1-9(2)7-15-12(17)8-16-13(18)10-5-3-4-6-11(10)14(19)20/h9-11H,3-8H2,1-2H3,(H,15,17)(H,16,18)(H,19,20). The van der Waals surface area contributed by atoms with Crippen LogP contribution in [-0.4, -0.2) is 36.0 Å². The molecular formula is C14H24N2O4. The zero-order chi connectivity index (χ0) is 15.1. The first-order valence-electron chi connectivity index (χ1n) is 7.19. The quantitative estimate of drug-likeness (QED) is 0.671. The number of carboxylic acid groups (broad SMARTS) is 1. The van der Waals surface area contributed by atoms with Crippen LogP contribution in [0.1, 0.15) is 39.5 Å². The smallest absolute Gasteiger partial charge is 0.307 e. The molecule has 2 atom stereocenters. The summed E-state index contributed by atoms with van der Waals surface area (Å²) in [6, 6.07) is 0. The van der Waals surface area contributed by atoms with Gasteiger partial charge in [-0.1, -0.05) is 26.7 Å². The second-order valence-corrected chi connectivity index (χ2v) is 5.75. The zero-order valence-corrected chi connectivity index (χ0v) is 12.1. The lowest BCUT2D eigenvalue weighted by Gasteiger charge is -2.27. The van der Waals surface area contributed by atoms with Crippen LogP contribution in [0.15, 0.2) is 0 Å². The van der Waals surface area contributed by atoms with E-state index in [1.165, 1.54) is 0 Å². The molecule has 0 bridgehead atoms. The van der Waals surface area contributed by atoms with E-state index in [9.17, 15) is 14.4 Å². The van der Waals surface area contributed by atoms with Gasteiger partial charge in [0.2, 0.25) is 11.8 Å². The maximum absolute atomic E-state index is 12.0. The van der Waals surface area contributed by atoms with Gasteiger partial charge in [-0.25, -0.2) is 0 Å². The molecule has 1 rings (SSSR count). The molecule has 0 heterocycles. The Morgan fingerprint density at radius 1 is 1.10 bits per heavy atom. The van der Waals surface area contributed by atoms with E-state index in [2.05, 4.69) is 10.6 Å². The minimum Gasteiger partial charge on any atom is -0.481 e. The van der Waals surface area contributed by atoms with Crippen LogP contribution >= 0.6 is 0 Å². The Bertz CT molecular complexity index is 368.